The highest BCUT2D eigenvalue weighted by atomic mass is 16.3. The van der Waals surface area contributed by atoms with Crippen LogP contribution in [0.15, 0.2) is 23.0 Å². The highest BCUT2D eigenvalue weighted by molar-refractivity contribution is 5.05. The molecule has 0 N–H and O–H groups in total. The van der Waals surface area contributed by atoms with Gasteiger partial charge in [-0.05, 0) is 51.4 Å². The third-order valence-corrected chi connectivity index (χ3v) is 4.12. The normalized spacial score (nSPS) is 27.6. The van der Waals surface area contributed by atoms with E-state index in [2.05, 4.69) is 15.9 Å². The summed E-state index contributed by atoms with van der Waals surface area (Å²) < 4.78 is 5.15. The summed E-state index contributed by atoms with van der Waals surface area (Å²) in [6, 6.07) is 2.89. The lowest BCUT2D eigenvalue weighted by atomic mass is 10.0. The second kappa shape index (κ2) is 5.23. The van der Waals surface area contributed by atoms with Crippen LogP contribution in [0.2, 0.25) is 0 Å². The van der Waals surface area contributed by atoms with Gasteiger partial charge in [0.2, 0.25) is 0 Å². The third-order valence-electron chi connectivity index (χ3n) is 4.12. The highest BCUT2D eigenvalue weighted by Gasteiger charge is 2.26. The fraction of sp³-hybridized carbons (Fsp3) is 0.714. The zero-order valence-corrected chi connectivity index (χ0v) is 10.5. The molecule has 3 heteroatoms. The Morgan fingerprint density at radius 1 is 1.18 bits per heavy atom. The molecule has 2 aliphatic rings. The number of likely N-dealkylation sites (tertiary alicyclic amines) is 2. The molecule has 1 aromatic rings. The monoisotopic (exact) mass is 234 g/mol. The lowest BCUT2D eigenvalue weighted by Crippen LogP contribution is -2.46. The molecule has 0 amide bonds. The second-order valence-electron chi connectivity index (χ2n) is 5.41. The van der Waals surface area contributed by atoms with Crippen LogP contribution in [-0.2, 0) is 6.54 Å². The second-order valence-corrected chi connectivity index (χ2v) is 5.41. The third kappa shape index (κ3) is 2.72. The first-order valence-corrected chi connectivity index (χ1v) is 6.89. The Bertz CT molecular complexity index is 330. The Balaban J connectivity index is 1.55. The Morgan fingerprint density at radius 2 is 2.06 bits per heavy atom. The van der Waals surface area contributed by atoms with E-state index >= 15 is 0 Å². The largest absolute Gasteiger partial charge is 0.472 e. The van der Waals surface area contributed by atoms with E-state index < -0.39 is 0 Å². The lowest BCUT2D eigenvalue weighted by molar-refractivity contribution is 0.110. The van der Waals surface area contributed by atoms with E-state index in [1.54, 1.807) is 6.26 Å². The number of rotatable bonds is 3. The van der Waals surface area contributed by atoms with Crippen molar-refractivity contribution < 1.29 is 4.42 Å². The Kier molecular flexibility index (Phi) is 3.48. The van der Waals surface area contributed by atoms with Crippen LogP contribution in [0.5, 0.6) is 0 Å². The molecule has 3 nitrogen and oxygen atoms in total. The van der Waals surface area contributed by atoms with E-state index in [1.165, 1.54) is 57.4 Å². The summed E-state index contributed by atoms with van der Waals surface area (Å²) in [5, 5.41) is 0. The number of hydrogen-bond donors (Lipinski definition) is 0. The molecular weight excluding hydrogens is 212 g/mol. The van der Waals surface area contributed by atoms with Crippen molar-refractivity contribution >= 4 is 0 Å². The van der Waals surface area contributed by atoms with E-state index in [1.807, 2.05) is 6.26 Å². The highest BCUT2D eigenvalue weighted by Crippen LogP contribution is 2.21. The average molecular weight is 234 g/mol. The Labute approximate surface area is 103 Å². The van der Waals surface area contributed by atoms with Crippen LogP contribution < -0.4 is 0 Å². The summed E-state index contributed by atoms with van der Waals surface area (Å²) in [5.41, 5.74) is 1.31. The number of furan rings is 1. The van der Waals surface area contributed by atoms with Crippen molar-refractivity contribution in [2.75, 3.05) is 26.2 Å². The van der Waals surface area contributed by atoms with Gasteiger partial charge in [-0.15, -0.1) is 0 Å². The molecule has 2 fully saturated rings. The van der Waals surface area contributed by atoms with Gasteiger partial charge >= 0.3 is 0 Å². The molecule has 0 radical (unpaired) electrons. The average Bonchev–Trinajstić information content (AvgIpc) is 3.01. The predicted octanol–water partition coefficient (Wildman–Crippen LogP) is 2.34. The Morgan fingerprint density at radius 3 is 2.82 bits per heavy atom. The topological polar surface area (TPSA) is 19.6 Å². The zero-order chi connectivity index (χ0) is 11.5. The van der Waals surface area contributed by atoms with Gasteiger partial charge in [0.1, 0.15) is 0 Å². The molecule has 1 unspecified atom stereocenters. The van der Waals surface area contributed by atoms with Gasteiger partial charge in [0.15, 0.2) is 0 Å². The summed E-state index contributed by atoms with van der Waals surface area (Å²) in [6.07, 6.45) is 9.19. The molecule has 0 aromatic carbocycles. The summed E-state index contributed by atoms with van der Waals surface area (Å²) in [4.78, 5) is 5.28. The van der Waals surface area contributed by atoms with E-state index in [0.29, 0.717) is 0 Å². The van der Waals surface area contributed by atoms with Gasteiger partial charge in [-0.3, -0.25) is 9.80 Å². The predicted molar refractivity (Wildman–Crippen MR) is 67.8 cm³/mol. The molecule has 2 saturated heterocycles. The first-order valence-electron chi connectivity index (χ1n) is 6.89. The number of hydrogen-bond acceptors (Lipinski definition) is 3. The van der Waals surface area contributed by atoms with Gasteiger partial charge in [-0.2, -0.15) is 0 Å². The smallest absolute Gasteiger partial charge is 0.0947 e. The molecule has 0 bridgehead atoms. The fourth-order valence-electron chi connectivity index (χ4n) is 3.22. The lowest BCUT2D eigenvalue weighted by Gasteiger charge is -2.37. The molecule has 3 rings (SSSR count). The number of piperidine rings is 1. The summed E-state index contributed by atoms with van der Waals surface area (Å²) in [6.45, 7) is 6.19. The van der Waals surface area contributed by atoms with Crippen molar-refractivity contribution in [2.24, 2.45) is 0 Å². The SMILES string of the molecule is c1cc(CN2CCCC(N3CCCC3)C2)co1. The number of nitrogens with zero attached hydrogens (tertiary/aromatic N) is 2. The standard InChI is InChI=1S/C14H22N2O/c1-2-8-16(7-1)14-4-3-6-15(11-14)10-13-5-9-17-12-13/h5,9,12,14H,1-4,6-8,10-11H2. The first kappa shape index (κ1) is 11.3. The summed E-state index contributed by atoms with van der Waals surface area (Å²) >= 11 is 0. The van der Waals surface area contributed by atoms with Gasteiger partial charge in [0.25, 0.3) is 0 Å². The maximum Gasteiger partial charge on any atom is 0.0947 e. The van der Waals surface area contributed by atoms with E-state index in [0.717, 1.165) is 12.6 Å². The van der Waals surface area contributed by atoms with Gasteiger partial charge in [0.05, 0.1) is 12.5 Å². The minimum Gasteiger partial charge on any atom is -0.472 e. The molecule has 0 saturated carbocycles. The molecule has 94 valence electrons. The minimum absolute atomic E-state index is 0.804. The van der Waals surface area contributed by atoms with Crippen molar-refractivity contribution in [3.8, 4) is 0 Å². The first-order chi connectivity index (χ1) is 8.42. The minimum atomic E-state index is 0.804. The van der Waals surface area contributed by atoms with Crippen molar-refractivity contribution in [1.29, 1.82) is 0 Å². The van der Waals surface area contributed by atoms with Crippen LogP contribution in [-0.4, -0.2) is 42.0 Å². The molecule has 0 spiro atoms. The van der Waals surface area contributed by atoms with Crippen LogP contribution >= 0.6 is 0 Å². The molecule has 1 atom stereocenters. The van der Waals surface area contributed by atoms with E-state index in [4.69, 9.17) is 4.42 Å². The summed E-state index contributed by atoms with van der Waals surface area (Å²) in [5.74, 6) is 0. The van der Waals surface area contributed by atoms with Crippen molar-refractivity contribution in [1.82, 2.24) is 9.80 Å². The Hall–Kier alpha value is -0.800. The van der Waals surface area contributed by atoms with Crippen LogP contribution in [0.25, 0.3) is 0 Å². The maximum atomic E-state index is 5.15. The van der Waals surface area contributed by atoms with Gasteiger partial charge in [0, 0.05) is 24.7 Å². The molecule has 0 aliphatic carbocycles. The van der Waals surface area contributed by atoms with Crippen molar-refractivity contribution in [3.63, 3.8) is 0 Å². The molecule has 2 aliphatic heterocycles. The quantitative estimate of drug-likeness (QED) is 0.800. The van der Waals surface area contributed by atoms with Crippen molar-refractivity contribution in [3.05, 3.63) is 24.2 Å². The zero-order valence-electron chi connectivity index (χ0n) is 10.5. The van der Waals surface area contributed by atoms with Gasteiger partial charge in [-0.1, -0.05) is 0 Å². The fourth-order valence-corrected chi connectivity index (χ4v) is 3.22. The van der Waals surface area contributed by atoms with E-state index in [-0.39, 0.29) is 0 Å². The van der Waals surface area contributed by atoms with Crippen molar-refractivity contribution in [2.45, 2.75) is 38.3 Å². The molecule has 1 aromatic heterocycles. The maximum absolute atomic E-state index is 5.15. The molecule has 17 heavy (non-hydrogen) atoms. The van der Waals surface area contributed by atoms with Crippen LogP contribution in [0.1, 0.15) is 31.2 Å². The molecule has 3 heterocycles. The van der Waals surface area contributed by atoms with Crippen LogP contribution in [0.3, 0.4) is 0 Å². The molecular formula is C14H22N2O. The van der Waals surface area contributed by atoms with E-state index in [9.17, 15) is 0 Å². The van der Waals surface area contributed by atoms with Crippen LogP contribution in [0, 0.1) is 0 Å². The van der Waals surface area contributed by atoms with Gasteiger partial charge in [-0.25, -0.2) is 0 Å². The van der Waals surface area contributed by atoms with Gasteiger partial charge < -0.3 is 4.42 Å². The van der Waals surface area contributed by atoms with Crippen LogP contribution in [0.4, 0.5) is 0 Å². The summed E-state index contributed by atoms with van der Waals surface area (Å²) in [7, 11) is 0.